The molecule has 0 unspecified atom stereocenters. The molecule has 4 nitrogen and oxygen atoms in total. The second-order valence-corrected chi connectivity index (χ2v) is 8.13. The highest BCUT2D eigenvalue weighted by molar-refractivity contribution is 9.10. The lowest BCUT2D eigenvalue weighted by molar-refractivity contribution is 0.0920. The van der Waals surface area contributed by atoms with Crippen LogP contribution in [0, 0.1) is 6.92 Å². The van der Waals surface area contributed by atoms with E-state index in [2.05, 4.69) is 15.9 Å². The standard InChI is InChI=1S/C24H16BrClO4/c1-14-21(29-13-20(27)16-5-7-17(25)8-6-16)10-9-19-23(28)22(30-24(14)19)12-15-3-2-4-18(26)11-15/h2-12H,13H2,1H3/b22-12-. The number of ether oxygens (including phenoxy) is 2. The number of allylic oxidation sites excluding steroid dienone is 1. The van der Waals surface area contributed by atoms with Crippen molar-refractivity contribution >= 4 is 45.2 Å². The molecular formula is C24H16BrClO4. The number of Topliss-reactive ketones (excluding diaryl/α,β-unsaturated/α-hetero) is 2. The molecule has 0 aromatic heterocycles. The average Bonchev–Trinajstić information content (AvgIpc) is 3.04. The fourth-order valence-electron chi connectivity index (χ4n) is 3.13. The van der Waals surface area contributed by atoms with Gasteiger partial charge in [-0.25, -0.2) is 0 Å². The first-order valence-corrected chi connectivity index (χ1v) is 10.3. The smallest absolute Gasteiger partial charge is 0.231 e. The van der Waals surface area contributed by atoms with Crippen molar-refractivity contribution in [2.24, 2.45) is 0 Å². The lowest BCUT2D eigenvalue weighted by Gasteiger charge is -2.11. The molecule has 0 spiro atoms. The molecule has 30 heavy (non-hydrogen) atoms. The summed E-state index contributed by atoms with van der Waals surface area (Å²) < 4.78 is 12.5. The van der Waals surface area contributed by atoms with Gasteiger partial charge in [0.2, 0.25) is 5.78 Å². The fourth-order valence-corrected chi connectivity index (χ4v) is 3.60. The normalized spacial score (nSPS) is 13.8. The van der Waals surface area contributed by atoms with Gasteiger partial charge < -0.3 is 9.47 Å². The summed E-state index contributed by atoms with van der Waals surface area (Å²) in [6.45, 7) is 1.69. The molecule has 0 fully saturated rings. The van der Waals surface area contributed by atoms with E-state index >= 15 is 0 Å². The first-order valence-electron chi connectivity index (χ1n) is 9.17. The minimum atomic E-state index is -0.203. The van der Waals surface area contributed by atoms with Crippen molar-refractivity contribution in [3.63, 3.8) is 0 Å². The molecule has 0 radical (unpaired) electrons. The van der Waals surface area contributed by atoms with Gasteiger partial charge in [-0.2, -0.15) is 0 Å². The topological polar surface area (TPSA) is 52.6 Å². The summed E-state index contributed by atoms with van der Waals surface area (Å²) in [7, 11) is 0. The molecule has 3 aromatic rings. The van der Waals surface area contributed by atoms with Gasteiger partial charge in [0, 0.05) is 20.6 Å². The lowest BCUT2D eigenvalue weighted by Crippen LogP contribution is -2.12. The molecule has 0 saturated heterocycles. The summed E-state index contributed by atoms with van der Waals surface area (Å²) in [6, 6.07) is 17.6. The Hall–Kier alpha value is -2.89. The molecule has 0 bridgehead atoms. The van der Waals surface area contributed by atoms with Gasteiger partial charge in [-0.15, -0.1) is 0 Å². The molecular weight excluding hydrogens is 468 g/mol. The highest BCUT2D eigenvalue weighted by Gasteiger charge is 2.30. The van der Waals surface area contributed by atoms with Crippen LogP contribution in [-0.4, -0.2) is 18.2 Å². The molecule has 150 valence electrons. The van der Waals surface area contributed by atoms with Gasteiger partial charge in [0.25, 0.3) is 0 Å². The van der Waals surface area contributed by atoms with E-state index in [1.54, 1.807) is 67.6 Å². The zero-order chi connectivity index (χ0) is 21.3. The van der Waals surface area contributed by atoms with Gasteiger partial charge in [-0.1, -0.05) is 51.8 Å². The van der Waals surface area contributed by atoms with Gasteiger partial charge in [0.1, 0.15) is 11.5 Å². The van der Waals surface area contributed by atoms with E-state index in [0.29, 0.717) is 33.2 Å². The van der Waals surface area contributed by atoms with Crippen molar-refractivity contribution in [2.45, 2.75) is 6.92 Å². The number of carbonyl (C=O) groups is 2. The van der Waals surface area contributed by atoms with Crippen LogP contribution in [0.2, 0.25) is 5.02 Å². The van der Waals surface area contributed by atoms with Gasteiger partial charge in [-0.3, -0.25) is 9.59 Å². The maximum atomic E-state index is 12.7. The third-order valence-electron chi connectivity index (χ3n) is 4.71. The van der Waals surface area contributed by atoms with Crippen LogP contribution >= 0.6 is 27.5 Å². The quantitative estimate of drug-likeness (QED) is 0.316. The Morgan fingerprint density at radius 3 is 2.63 bits per heavy atom. The molecule has 0 amide bonds. The van der Waals surface area contributed by atoms with Crippen molar-refractivity contribution in [3.05, 3.63) is 98.2 Å². The molecule has 1 aliphatic rings. The van der Waals surface area contributed by atoms with Crippen molar-refractivity contribution < 1.29 is 19.1 Å². The zero-order valence-corrected chi connectivity index (χ0v) is 18.3. The Morgan fingerprint density at radius 2 is 1.90 bits per heavy atom. The maximum absolute atomic E-state index is 12.7. The van der Waals surface area contributed by atoms with Crippen LogP contribution in [0.1, 0.15) is 31.8 Å². The highest BCUT2D eigenvalue weighted by Crippen LogP contribution is 2.39. The zero-order valence-electron chi connectivity index (χ0n) is 15.9. The number of fused-ring (bicyclic) bond motifs is 1. The first-order chi connectivity index (χ1) is 14.4. The van der Waals surface area contributed by atoms with E-state index in [4.69, 9.17) is 21.1 Å². The van der Waals surface area contributed by atoms with Crippen LogP contribution < -0.4 is 9.47 Å². The number of carbonyl (C=O) groups excluding carboxylic acids is 2. The second-order valence-electron chi connectivity index (χ2n) is 6.78. The summed E-state index contributed by atoms with van der Waals surface area (Å²) in [5, 5.41) is 0.578. The lowest BCUT2D eigenvalue weighted by atomic mass is 10.1. The number of benzene rings is 3. The summed E-state index contributed by atoms with van der Waals surface area (Å²) in [5.41, 5.74) is 2.47. The van der Waals surface area contributed by atoms with Crippen LogP contribution in [0.15, 0.2) is 70.9 Å². The number of rotatable bonds is 5. The average molecular weight is 484 g/mol. The highest BCUT2D eigenvalue weighted by atomic mass is 79.9. The van der Waals surface area contributed by atoms with Gasteiger partial charge in [0.15, 0.2) is 18.1 Å². The third-order valence-corrected chi connectivity index (χ3v) is 5.47. The number of hydrogen-bond donors (Lipinski definition) is 0. The van der Waals surface area contributed by atoms with Crippen molar-refractivity contribution in [2.75, 3.05) is 6.61 Å². The fraction of sp³-hybridized carbons (Fsp3) is 0.0833. The van der Waals surface area contributed by atoms with Crippen molar-refractivity contribution in [1.29, 1.82) is 0 Å². The Labute approximate surface area is 187 Å². The minimum Gasteiger partial charge on any atom is -0.485 e. The van der Waals surface area contributed by atoms with Gasteiger partial charge >= 0.3 is 0 Å². The SMILES string of the molecule is Cc1c(OCC(=O)c2ccc(Br)cc2)ccc2c1O/C(=C\c1cccc(Cl)c1)C2=O. The molecule has 0 saturated carbocycles. The molecule has 1 heterocycles. The van der Waals surface area contributed by atoms with Gasteiger partial charge in [-0.05, 0) is 55.0 Å². The molecule has 0 aliphatic carbocycles. The van der Waals surface area contributed by atoms with E-state index < -0.39 is 0 Å². The largest absolute Gasteiger partial charge is 0.485 e. The summed E-state index contributed by atoms with van der Waals surface area (Å²) in [5.74, 6) is 0.822. The van der Waals surface area contributed by atoms with E-state index in [1.807, 2.05) is 6.07 Å². The van der Waals surface area contributed by atoms with E-state index in [9.17, 15) is 9.59 Å². The second kappa shape index (κ2) is 8.46. The summed E-state index contributed by atoms with van der Waals surface area (Å²) in [4.78, 5) is 25.1. The van der Waals surface area contributed by atoms with Gasteiger partial charge in [0.05, 0.1) is 5.56 Å². The van der Waals surface area contributed by atoms with Crippen LogP contribution in [0.5, 0.6) is 11.5 Å². The van der Waals surface area contributed by atoms with E-state index in [0.717, 1.165) is 10.0 Å². The maximum Gasteiger partial charge on any atom is 0.231 e. The number of hydrogen-bond acceptors (Lipinski definition) is 4. The van der Waals surface area contributed by atoms with Crippen LogP contribution in [0.25, 0.3) is 6.08 Å². The minimum absolute atomic E-state index is 0.111. The molecule has 3 aromatic carbocycles. The predicted octanol–water partition coefficient (Wildman–Crippen LogP) is 6.29. The summed E-state index contributed by atoms with van der Waals surface area (Å²) >= 11 is 9.36. The molecule has 0 atom stereocenters. The van der Waals surface area contributed by atoms with Crippen LogP contribution in [0.4, 0.5) is 0 Å². The molecule has 0 N–H and O–H groups in total. The predicted molar refractivity (Wildman–Crippen MR) is 120 cm³/mol. The number of ketones is 2. The third kappa shape index (κ3) is 4.18. The van der Waals surface area contributed by atoms with Crippen LogP contribution in [0.3, 0.4) is 0 Å². The number of halogens is 2. The molecule has 4 rings (SSSR count). The monoisotopic (exact) mass is 482 g/mol. The molecule has 1 aliphatic heterocycles. The Bertz CT molecular complexity index is 1180. The van der Waals surface area contributed by atoms with Crippen molar-refractivity contribution in [1.82, 2.24) is 0 Å². The summed E-state index contributed by atoms with van der Waals surface area (Å²) in [6.07, 6.45) is 1.66. The Morgan fingerprint density at radius 1 is 1.13 bits per heavy atom. The van der Waals surface area contributed by atoms with E-state index in [1.165, 1.54) is 0 Å². The van der Waals surface area contributed by atoms with Crippen molar-refractivity contribution in [3.8, 4) is 11.5 Å². The van der Waals surface area contributed by atoms with Crippen LogP contribution in [-0.2, 0) is 0 Å². The first kappa shape index (κ1) is 20.4. The molecule has 6 heteroatoms. The van der Waals surface area contributed by atoms with E-state index in [-0.39, 0.29) is 23.9 Å². The Kier molecular flexibility index (Phi) is 5.75. The Balaban J connectivity index is 1.53.